The van der Waals surface area contributed by atoms with E-state index in [1.54, 1.807) is 6.08 Å². The fourth-order valence-electron chi connectivity index (χ4n) is 2.06. The van der Waals surface area contributed by atoms with Gasteiger partial charge in [0.25, 0.3) is 5.69 Å². The summed E-state index contributed by atoms with van der Waals surface area (Å²) in [4.78, 5) is 21.9. The number of benzene rings is 2. The molecule has 0 atom stereocenters. The van der Waals surface area contributed by atoms with Crippen molar-refractivity contribution in [2.24, 2.45) is 0 Å². The van der Waals surface area contributed by atoms with Gasteiger partial charge in [0.15, 0.2) is 0 Å². The van der Waals surface area contributed by atoms with E-state index in [-0.39, 0.29) is 11.4 Å². The Kier molecular flexibility index (Phi) is 5.42. The largest absolute Gasteiger partial charge is 0.320 e. The lowest BCUT2D eigenvalue weighted by Crippen LogP contribution is -2.09. The molecule has 124 valence electrons. The van der Waals surface area contributed by atoms with Crippen LogP contribution in [0.3, 0.4) is 0 Å². The van der Waals surface area contributed by atoms with Gasteiger partial charge in [0.05, 0.1) is 10.6 Å². The first-order chi connectivity index (χ1) is 11.4. The first-order valence-electron chi connectivity index (χ1n) is 7.40. The summed E-state index contributed by atoms with van der Waals surface area (Å²) >= 11 is 0. The van der Waals surface area contributed by atoms with Gasteiger partial charge in [0.1, 0.15) is 5.82 Å². The molecule has 1 N–H and O–H groups in total. The molecule has 0 saturated heterocycles. The number of halogens is 1. The summed E-state index contributed by atoms with van der Waals surface area (Å²) in [6.07, 6.45) is 2.84. The molecule has 0 saturated carbocycles. The summed E-state index contributed by atoms with van der Waals surface area (Å²) in [5.41, 5.74) is 1.50. The normalized spacial score (nSPS) is 11.0. The summed E-state index contributed by atoms with van der Waals surface area (Å²) in [5.74, 6) is -0.880. The van der Waals surface area contributed by atoms with Crippen LogP contribution >= 0.6 is 0 Å². The van der Waals surface area contributed by atoms with Gasteiger partial charge in [-0.05, 0) is 29.2 Å². The lowest BCUT2D eigenvalue weighted by Gasteiger charge is -2.05. The molecule has 2 aromatic rings. The predicted octanol–water partition coefficient (Wildman–Crippen LogP) is 4.51. The summed E-state index contributed by atoms with van der Waals surface area (Å²) in [5, 5.41) is 13.0. The molecule has 0 aliphatic rings. The Hall–Kier alpha value is -3.02. The Balaban J connectivity index is 2.07. The van der Waals surface area contributed by atoms with Crippen molar-refractivity contribution in [3.63, 3.8) is 0 Å². The van der Waals surface area contributed by atoms with Gasteiger partial charge in [0, 0.05) is 18.2 Å². The van der Waals surface area contributed by atoms with Crippen LogP contribution < -0.4 is 5.32 Å². The van der Waals surface area contributed by atoms with E-state index < -0.39 is 16.6 Å². The highest BCUT2D eigenvalue weighted by Crippen LogP contribution is 2.21. The first-order valence-corrected chi connectivity index (χ1v) is 7.40. The molecule has 2 rings (SSSR count). The number of hydrogen-bond donors (Lipinski definition) is 1. The molecule has 0 unspecified atom stereocenters. The Morgan fingerprint density at radius 3 is 2.46 bits per heavy atom. The van der Waals surface area contributed by atoms with Crippen LogP contribution in [0.5, 0.6) is 0 Å². The van der Waals surface area contributed by atoms with E-state index in [1.807, 2.05) is 24.3 Å². The van der Waals surface area contributed by atoms with Crippen molar-refractivity contribution in [2.75, 3.05) is 5.32 Å². The predicted molar refractivity (Wildman–Crippen MR) is 91.2 cm³/mol. The van der Waals surface area contributed by atoms with E-state index in [0.29, 0.717) is 5.92 Å². The lowest BCUT2D eigenvalue weighted by molar-refractivity contribution is -0.384. The van der Waals surface area contributed by atoms with Gasteiger partial charge >= 0.3 is 0 Å². The number of amides is 1. The SMILES string of the molecule is CC(C)c1ccc(C=CC(=O)Nc2cc([N+](=O)[O-])ccc2F)cc1. The van der Waals surface area contributed by atoms with Crippen LogP contribution in [-0.4, -0.2) is 10.8 Å². The molecule has 6 heteroatoms. The summed E-state index contributed by atoms with van der Waals surface area (Å²) in [6.45, 7) is 4.18. The third kappa shape index (κ3) is 4.49. The molecule has 24 heavy (non-hydrogen) atoms. The molecule has 0 radical (unpaired) electrons. The number of carbonyl (C=O) groups excluding carboxylic acids is 1. The lowest BCUT2D eigenvalue weighted by atomic mass is 10.0. The minimum absolute atomic E-state index is 0.228. The van der Waals surface area contributed by atoms with E-state index in [0.717, 1.165) is 23.8 Å². The summed E-state index contributed by atoms with van der Waals surface area (Å²) in [6, 6.07) is 10.7. The van der Waals surface area contributed by atoms with Gasteiger partial charge in [-0.25, -0.2) is 4.39 Å². The number of carbonyl (C=O) groups is 1. The number of nitro benzene ring substituents is 1. The van der Waals surface area contributed by atoms with Crippen molar-refractivity contribution in [1.82, 2.24) is 0 Å². The van der Waals surface area contributed by atoms with Gasteiger partial charge in [-0.1, -0.05) is 38.1 Å². The molecule has 0 spiro atoms. The van der Waals surface area contributed by atoms with Gasteiger partial charge in [-0.2, -0.15) is 0 Å². The average molecular weight is 328 g/mol. The highest BCUT2D eigenvalue weighted by atomic mass is 19.1. The average Bonchev–Trinajstić information content (AvgIpc) is 2.55. The topological polar surface area (TPSA) is 72.2 Å². The van der Waals surface area contributed by atoms with Gasteiger partial charge in [-0.3, -0.25) is 14.9 Å². The van der Waals surface area contributed by atoms with Crippen molar-refractivity contribution in [3.05, 3.63) is 75.6 Å². The number of nitrogens with one attached hydrogen (secondary N) is 1. The standard InChI is InChI=1S/C18H17FN2O3/c1-12(2)14-6-3-13(4-7-14)5-10-18(22)20-17-11-15(21(23)24)8-9-16(17)19/h3-12H,1-2H3,(H,20,22). The van der Waals surface area contributed by atoms with E-state index in [9.17, 15) is 19.3 Å². The Bertz CT molecular complexity index is 783. The van der Waals surface area contributed by atoms with Crippen molar-refractivity contribution in [3.8, 4) is 0 Å². The summed E-state index contributed by atoms with van der Waals surface area (Å²) in [7, 11) is 0. The minimum Gasteiger partial charge on any atom is -0.320 e. The van der Waals surface area contributed by atoms with E-state index in [2.05, 4.69) is 19.2 Å². The van der Waals surface area contributed by atoms with Crippen LogP contribution in [0.1, 0.15) is 30.9 Å². The molecule has 0 aliphatic carbocycles. The molecule has 1 amide bonds. The van der Waals surface area contributed by atoms with Crippen LogP contribution in [0, 0.1) is 15.9 Å². The van der Waals surface area contributed by atoms with E-state index in [1.165, 1.54) is 11.6 Å². The van der Waals surface area contributed by atoms with Crippen LogP contribution in [0.4, 0.5) is 15.8 Å². The Labute approximate surface area is 139 Å². The van der Waals surface area contributed by atoms with Crippen LogP contribution in [0.15, 0.2) is 48.5 Å². The number of rotatable bonds is 5. The quantitative estimate of drug-likeness (QED) is 0.498. The molecule has 0 heterocycles. The second kappa shape index (κ2) is 7.50. The van der Waals surface area contributed by atoms with Crippen molar-refractivity contribution < 1.29 is 14.1 Å². The maximum absolute atomic E-state index is 13.6. The molecular formula is C18H17FN2O3. The van der Waals surface area contributed by atoms with Gasteiger partial charge in [0.2, 0.25) is 5.91 Å². The van der Waals surface area contributed by atoms with E-state index >= 15 is 0 Å². The monoisotopic (exact) mass is 328 g/mol. The smallest absolute Gasteiger partial charge is 0.271 e. The number of non-ortho nitro benzene ring substituents is 1. The van der Waals surface area contributed by atoms with Crippen LogP contribution in [-0.2, 0) is 4.79 Å². The number of nitrogens with zero attached hydrogens (tertiary/aromatic N) is 1. The third-order valence-corrected chi connectivity index (χ3v) is 3.45. The maximum Gasteiger partial charge on any atom is 0.271 e. The number of hydrogen-bond acceptors (Lipinski definition) is 3. The molecule has 0 bridgehead atoms. The molecule has 2 aromatic carbocycles. The molecule has 5 nitrogen and oxygen atoms in total. The Morgan fingerprint density at radius 1 is 1.21 bits per heavy atom. The van der Waals surface area contributed by atoms with Crippen molar-refractivity contribution in [2.45, 2.75) is 19.8 Å². The first kappa shape index (κ1) is 17.3. The second-order valence-corrected chi connectivity index (χ2v) is 5.57. The molecule has 0 fully saturated rings. The zero-order valence-corrected chi connectivity index (χ0v) is 13.3. The Morgan fingerprint density at radius 2 is 1.88 bits per heavy atom. The molecule has 0 aromatic heterocycles. The van der Waals surface area contributed by atoms with E-state index in [4.69, 9.17) is 0 Å². The number of anilines is 1. The zero-order chi connectivity index (χ0) is 17.7. The van der Waals surface area contributed by atoms with Crippen molar-refractivity contribution in [1.29, 1.82) is 0 Å². The minimum atomic E-state index is -0.733. The zero-order valence-electron chi connectivity index (χ0n) is 13.3. The molecular weight excluding hydrogens is 311 g/mol. The second-order valence-electron chi connectivity index (χ2n) is 5.57. The maximum atomic E-state index is 13.6. The van der Waals surface area contributed by atoms with Crippen LogP contribution in [0.2, 0.25) is 0 Å². The third-order valence-electron chi connectivity index (χ3n) is 3.45. The van der Waals surface area contributed by atoms with Gasteiger partial charge < -0.3 is 5.32 Å². The fourth-order valence-corrected chi connectivity index (χ4v) is 2.06. The highest BCUT2D eigenvalue weighted by molar-refractivity contribution is 6.02. The molecule has 0 aliphatic heterocycles. The van der Waals surface area contributed by atoms with Crippen LogP contribution in [0.25, 0.3) is 6.08 Å². The van der Waals surface area contributed by atoms with Crippen molar-refractivity contribution >= 4 is 23.4 Å². The van der Waals surface area contributed by atoms with Gasteiger partial charge in [-0.15, -0.1) is 0 Å². The summed E-state index contributed by atoms with van der Waals surface area (Å²) < 4.78 is 13.6. The number of nitro groups is 1. The highest BCUT2D eigenvalue weighted by Gasteiger charge is 2.12. The fraction of sp³-hybridized carbons (Fsp3) is 0.167.